The van der Waals surface area contributed by atoms with Crippen LogP contribution in [-0.2, 0) is 0 Å². The first-order chi connectivity index (χ1) is 11.2. The molecule has 0 heterocycles. The van der Waals surface area contributed by atoms with Gasteiger partial charge in [-0.1, -0.05) is 66.7 Å². The Morgan fingerprint density at radius 1 is 0.696 bits per heavy atom. The first-order valence-corrected chi connectivity index (χ1v) is 8.90. The first kappa shape index (κ1) is 16.0. The van der Waals surface area contributed by atoms with Crippen LogP contribution in [0.4, 0.5) is 0 Å². The molecular weight excluding hydrogens is 296 g/mol. The molecule has 0 aliphatic carbocycles. The van der Waals surface area contributed by atoms with Crippen LogP contribution in [0, 0.1) is 0 Å². The quantitative estimate of drug-likeness (QED) is 0.562. The molecule has 23 heavy (non-hydrogen) atoms. The second-order valence-electron chi connectivity index (χ2n) is 5.27. The Balaban J connectivity index is 2.00. The van der Waals surface area contributed by atoms with E-state index in [4.69, 9.17) is 0 Å². The van der Waals surface area contributed by atoms with E-state index in [1.54, 1.807) is 0 Å². The summed E-state index contributed by atoms with van der Waals surface area (Å²) < 4.78 is 0. The lowest BCUT2D eigenvalue weighted by molar-refractivity contribution is 0.747. The van der Waals surface area contributed by atoms with E-state index in [0.29, 0.717) is 6.04 Å². The Labute approximate surface area is 140 Å². The highest BCUT2D eigenvalue weighted by molar-refractivity contribution is 8.07. The van der Waals surface area contributed by atoms with Crippen molar-refractivity contribution in [2.75, 3.05) is 0 Å². The molecule has 3 rings (SSSR count). The molecule has 0 aliphatic heterocycles. The molecule has 0 aromatic heterocycles. The van der Waals surface area contributed by atoms with Crippen molar-refractivity contribution >= 4 is 25.5 Å². The lowest BCUT2D eigenvalue weighted by atomic mass is 10.1. The normalized spacial score (nSPS) is 12.8. The topological polar surface area (TPSA) is 12.0 Å². The van der Waals surface area contributed by atoms with E-state index in [9.17, 15) is 0 Å². The van der Waals surface area contributed by atoms with Crippen LogP contribution in [0.1, 0.15) is 18.5 Å². The fraction of sp³-hybridized carbons (Fsp3) is 0.100. The van der Waals surface area contributed by atoms with Crippen molar-refractivity contribution in [3.8, 4) is 0 Å². The first-order valence-electron chi connectivity index (χ1n) is 7.56. The predicted octanol–water partition coefficient (Wildman–Crippen LogP) is 3.20. The SMILES string of the molecule is [BH3-][P+](N[C@@H](C)c1ccccc1)(c1ccccc1)c1ccccc1. The fourth-order valence-electron chi connectivity index (χ4n) is 2.46. The molecule has 0 amide bonds. The van der Waals surface area contributed by atoms with Gasteiger partial charge in [-0.25, -0.2) is 5.09 Å². The number of rotatable bonds is 5. The van der Waals surface area contributed by atoms with Crippen molar-refractivity contribution in [2.24, 2.45) is 0 Å². The molecule has 0 fully saturated rings. The Hall–Kier alpha value is -1.89. The van der Waals surface area contributed by atoms with Crippen molar-refractivity contribution < 1.29 is 0 Å². The molecule has 0 radical (unpaired) electrons. The zero-order chi connectivity index (χ0) is 16.1. The van der Waals surface area contributed by atoms with Gasteiger partial charge in [0.15, 0.2) is 7.57 Å². The van der Waals surface area contributed by atoms with E-state index in [1.165, 1.54) is 16.2 Å². The standard InChI is InChI=1S/C20H23BNP/c1-17(18-11-5-2-6-12-18)22-23(21,19-13-7-3-8-14-19)20-15-9-4-10-16-20/h2-17,22H,1,21H3/t17-/m0/s1. The summed E-state index contributed by atoms with van der Waals surface area (Å²) in [6, 6.07) is 33.3. The summed E-state index contributed by atoms with van der Waals surface area (Å²) in [7, 11) is -1.33. The molecule has 0 aliphatic rings. The van der Waals surface area contributed by atoms with Gasteiger partial charge in [0.05, 0.1) is 16.7 Å². The van der Waals surface area contributed by atoms with Gasteiger partial charge in [-0.05, 0) is 44.0 Å². The smallest absolute Gasteiger partial charge is 0.156 e. The van der Waals surface area contributed by atoms with Gasteiger partial charge in [0.1, 0.15) is 0 Å². The summed E-state index contributed by atoms with van der Waals surface area (Å²) in [5.74, 6) is 0. The maximum Gasteiger partial charge on any atom is 0.156 e. The second-order valence-corrected chi connectivity index (χ2v) is 7.23. The van der Waals surface area contributed by atoms with Crippen LogP contribution in [0.25, 0.3) is 0 Å². The Morgan fingerprint density at radius 3 is 1.52 bits per heavy atom. The highest BCUT2D eigenvalue weighted by atomic mass is 31.2. The van der Waals surface area contributed by atoms with Crippen molar-refractivity contribution in [2.45, 2.75) is 13.0 Å². The van der Waals surface area contributed by atoms with Crippen LogP contribution in [-0.4, -0.2) is 7.57 Å². The minimum atomic E-state index is -1.40. The van der Waals surface area contributed by atoms with Gasteiger partial charge < -0.3 is 0 Å². The van der Waals surface area contributed by atoms with Crippen LogP contribution in [0.2, 0.25) is 0 Å². The molecule has 3 aromatic rings. The molecule has 116 valence electrons. The van der Waals surface area contributed by atoms with Gasteiger partial charge in [-0.15, -0.1) is 0 Å². The fourth-order valence-corrected chi connectivity index (χ4v) is 4.54. The summed E-state index contributed by atoms with van der Waals surface area (Å²) in [6.45, 7) is 2.29. The van der Waals surface area contributed by atoms with Crippen LogP contribution < -0.4 is 15.7 Å². The van der Waals surface area contributed by atoms with E-state index in [0.717, 1.165) is 0 Å². The summed E-state index contributed by atoms with van der Waals surface area (Å²) >= 11 is 0. The van der Waals surface area contributed by atoms with Gasteiger partial charge in [0, 0.05) is 0 Å². The summed E-state index contributed by atoms with van der Waals surface area (Å²) in [5, 5.41) is 7.05. The molecule has 1 atom stereocenters. The average Bonchev–Trinajstić information content (AvgIpc) is 2.64. The van der Waals surface area contributed by atoms with Crippen LogP contribution in [0.3, 0.4) is 0 Å². The molecule has 0 unspecified atom stereocenters. The average molecular weight is 319 g/mol. The summed E-state index contributed by atoms with van der Waals surface area (Å²) in [5.41, 5.74) is 1.36. The summed E-state index contributed by atoms with van der Waals surface area (Å²) in [6.07, 6.45) is 0. The lowest BCUT2D eigenvalue weighted by Crippen LogP contribution is -2.35. The molecule has 0 saturated heterocycles. The van der Waals surface area contributed by atoms with Crippen LogP contribution in [0.5, 0.6) is 0 Å². The van der Waals surface area contributed by atoms with Crippen molar-refractivity contribution in [3.05, 3.63) is 96.6 Å². The highest BCUT2D eigenvalue weighted by Crippen LogP contribution is 2.49. The van der Waals surface area contributed by atoms with Gasteiger partial charge in [-0.2, -0.15) is 0 Å². The van der Waals surface area contributed by atoms with Gasteiger partial charge in [0.25, 0.3) is 0 Å². The monoisotopic (exact) mass is 319 g/mol. The Morgan fingerprint density at radius 2 is 1.09 bits per heavy atom. The van der Waals surface area contributed by atoms with Crippen LogP contribution in [0.15, 0.2) is 91.0 Å². The zero-order valence-corrected chi connectivity index (χ0v) is 13.6. The lowest BCUT2D eigenvalue weighted by Gasteiger charge is -2.33. The van der Waals surface area contributed by atoms with Gasteiger partial charge in [-0.3, -0.25) is 0 Å². The third-order valence-corrected chi connectivity index (χ3v) is 5.93. The van der Waals surface area contributed by atoms with E-state index in [1.807, 2.05) is 0 Å². The van der Waals surface area contributed by atoms with Crippen molar-refractivity contribution in [1.82, 2.24) is 5.09 Å². The predicted molar refractivity (Wildman–Crippen MR) is 107 cm³/mol. The molecule has 1 N–H and O–H groups in total. The minimum absolute atomic E-state index is 0.0687. The van der Waals surface area contributed by atoms with Crippen molar-refractivity contribution in [1.29, 1.82) is 0 Å². The van der Waals surface area contributed by atoms with E-state index in [-0.39, 0.29) is 7.57 Å². The van der Waals surface area contributed by atoms with Gasteiger partial charge in [0.2, 0.25) is 0 Å². The van der Waals surface area contributed by atoms with Gasteiger partial charge >= 0.3 is 0 Å². The Kier molecular flexibility index (Phi) is 4.95. The maximum atomic E-state index is 4.06. The van der Waals surface area contributed by atoms with Crippen LogP contribution >= 0.6 is 7.29 Å². The molecule has 3 heteroatoms. The van der Waals surface area contributed by atoms with E-state index in [2.05, 4.69) is 103 Å². The highest BCUT2D eigenvalue weighted by Gasteiger charge is 2.32. The summed E-state index contributed by atoms with van der Waals surface area (Å²) in [4.78, 5) is 0. The number of nitrogens with one attached hydrogen (secondary N) is 1. The number of hydrogen-bond donors (Lipinski definition) is 1. The third kappa shape index (κ3) is 3.55. The number of benzene rings is 3. The molecule has 3 aromatic carbocycles. The third-order valence-electron chi connectivity index (χ3n) is 3.65. The maximum absolute atomic E-state index is 4.06. The van der Waals surface area contributed by atoms with E-state index < -0.39 is 7.29 Å². The van der Waals surface area contributed by atoms with E-state index >= 15 is 0 Å². The molecule has 0 bridgehead atoms. The number of hydrogen-bond acceptors (Lipinski definition) is 1. The molecule has 1 nitrogen and oxygen atoms in total. The zero-order valence-electron chi connectivity index (χ0n) is 12.7. The second kappa shape index (κ2) is 7.13. The largest absolute Gasteiger partial charge is 0.220 e. The molecule has 0 saturated carbocycles. The minimum Gasteiger partial charge on any atom is -0.220 e. The molecule has 0 spiro atoms. The Bertz CT molecular complexity index is 692. The van der Waals surface area contributed by atoms with Crippen molar-refractivity contribution in [3.63, 3.8) is 0 Å². The molecular formula is C20H23BNP.